The largest absolute Gasteiger partial charge is 0.481 e. The molecule has 0 aromatic carbocycles. The molecule has 0 saturated carbocycles. The molecule has 6 nitrogen and oxygen atoms in total. The first-order valence-electron chi connectivity index (χ1n) is 6.83. The van der Waals surface area contributed by atoms with Gasteiger partial charge in [-0.1, -0.05) is 27.7 Å². The van der Waals surface area contributed by atoms with E-state index in [1.807, 2.05) is 0 Å². The molecule has 0 aliphatic heterocycles. The van der Waals surface area contributed by atoms with Crippen LogP contribution < -0.4 is 19.5 Å². The average molecular weight is 283 g/mol. The van der Waals surface area contributed by atoms with Crippen molar-refractivity contribution < 1.29 is 14.2 Å². The molecular formula is C14H25N3O3. The standard InChI is InChI=1S/C14H25N3O3/c1-9(2)11(8-15-10(3)4)20-14-16-12(18-5)7-13(17-14)19-6/h7,9-11,15H,8H2,1-6H3. The highest BCUT2D eigenvalue weighted by Crippen LogP contribution is 2.20. The topological polar surface area (TPSA) is 65.5 Å². The molecule has 1 atom stereocenters. The van der Waals surface area contributed by atoms with Crippen LogP contribution in [0.1, 0.15) is 27.7 Å². The molecule has 0 aliphatic carbocycles. The fourth-order valence-corrected chi connectivity index (χ4v) is 1.55. The van der Waals surface area contributed by atoms with E-state index >= 15 is 0 Å². The van der Waals surface area contributed by atoms with Gasteiger partial charge in [0.2, 0.25) is 11.8 Å². The predicted molar refractivity (Wildman–Crippen MR) is 77.5 cm³/mol. The van der Waals surface area contributed by atoms with Crippen molar-refractivity contribution in [2.75, 3.05) is 20.8 Å². The summed E-state index contributed by atoms with van der Waals surface area (Å²) in [6.45, 7) is 9.14. The minimum atomic E-state index is -0.0192. The zero-order valence-corrected chi connectivity index (χ0v) is 13.1. The first-order chi connectivity index (χ1) is 9.46. The number of nitrogens with zero attached hydrogens (tertiary/aromatic N) is 2. The monoisotopic (exact) mass is 283 g/mol. The van der Waals surface area contributed by atoms with Gasteiger partial charge >= 0.3 is 6.01 Å². The minimum Gasteiger partial charge on any atom is -0.481 e. The van der Waals surface area contributed by atoms with E-state index in [1.54, 1.807) is 20.3 Å². The van der Waals surface area contributed by atoms with Crippen molar-refractivity contribution in [2.24, 2.45) is 5.92 Å². The molecule has 0 fully saturated rings. The number of rotatable bonds is 8. The van der Waals surface area contributed by atoms with Gasteiger partial charge in [0.15, 0.2) is 0 Å². The molecule has 0 spiro atoms. The minimum absolute atomic E-state index is 0.0192. The quantitative estimate of drug-likeness (QED) is 0.786. The molecule has 0 bridgehead atoms. The van der Waals surface area contributed by atoms with Gasteiger partial charge in [-0.15, -0.1) is 0 Å². The van der Waals surface area contributed by atoms with Gasteiger partial charge in [-0.05, 0) is 5.92 Å². The van der Waals surface area contributed by atoms with Crippen molar-refractivity contribution in [3.8, 4) is 17.8 Å². The van der Waals surface area contributed by atoms with E-state index in [1.165, 1.54) is 0 Å². The number of aromatic nitrogens is 2. The van der Waals surface area contributed by atoms with Crippen molar-refractivity contribution in [1.82, 2.24) is 15.3 Å². The number of hydrogen-bond acceptors (Lipinski definition) is 6. The van der Waals surface area contributed by atoms with Gasteiger partial charge in [0.05, 0.1) is 20.3 Å². The molecule has 0 amide bonds. The summed E-state index contributed by atoms with van der Waals surface area (Å²) >= 11 is 0. The Morgan fingerprint density at radius 1 is 1.05 bits per heavy atom. The zero-order valence-electron chi connectivity index (χ0n) is 13.1. The maximum Gasteiger partial charge on any atom is 0.323 e. The second-order valence-corrected chi connectivity index (χ2v) is 5.20. The number of methoxy groups -OCH3 is 2. The average Bonchev–Trinajstić information content (AvgIpc) is 2.42. The van der Waals surface area contributed by atoms with Crippen LogP contribution in [-0.2, 0) is 0 Å². The van der Waals surface area contributed by atoms with Crippen LogP contribution in [0.3, 0.4) is 0 Å². The lowest BCUT2D eigenvalue weighted by Gasteiger charge is -2.23. The molecule has 114 valence electrons. The van der Waals surface area contributed by atoms with Gasteiger partial charge in [-0.25, -0.2) is 0 Å². The summed E-state index contributed by atoms with van der Waals surface area (Å²) in [4.78, 5) is 8.37. The molecule has 0 radical (unpaired) electrons. The van der Waals surface area contributed by atoms with Crippen LogP contribution >= 0.6 is 0 Å². The van der Waals surface area contributed by atoms with E-state index < -0.39 is 0 Å². The third-order valence-corrected chi connectivity index (χ3v) is 2.80. The molecule has 1 rings (SSSR count). The van der Waals surface area contributed by atoms with Crippen molar-refractivity contribution in [1.29, 1.82) is 0 Å². The molecule has 20 heavy (non-hydrogen) atoms. The Hall–Kier alpha value is -1.56. The summed E-state index contributed by atoms with van der Waals surface area (Å²) in [5, 5.41) is 3.36. The first-order valence-corrected chi connectivity index (χ1v) is 6.83. The van der Waals surface area contributed by atoms with Gasteiger partial charge in [-0.3, -0.25) is 0 Å². The van der Waals surface area contributed by atoms with E-state index in [0.29, 0.717) is 23.7 Å². The lowest BCUT2D eigenvalue weighted by molar-refractivity contribution is 0.130. The van der Waals surface area contributed by atoms with Gasteiger partial charge in [0, 0.05) is 12.6 Å². The smallest absolute Gasteiger partial charge is 0.323 e. The molecule has 1 unspecified atom stereocenters. The number of nitrogens with one attached hydrogen (secondary N) is 1. The fourth-order valence-electron chi connectivity index (χ4n) is 1.55. The van der Waals surface area contributed by atoms with Crippen molar-refractivity contribution >= 4 is 0 Å². The second kappa shape index (κ2) is 7.89. The molecule has 1 heterocycles. The van der Waals surface area contributed by atoms with Crippen LogP contribution in [0, 0.1) is 5.92 Å². The lowest BCUT2D eigenvalue weighted by atomic mass is 10.1. The molecule has 0 aliphatic rings. The SMILES string of the molecule is COc1cc(OC)nc(OC(CNC(C)C)C(C)C)n1. The third-order valence-electron chi connectivity index (χ3n) is 2.80. The van der Waals surface area contributed by atoms with E-state index in [4.69, 9.17) is 14.2 Å². The van der Waals surface area contributed by atoms with E-state index in [0.717, 1.165) is 6.54 Å². The van der Waals surface area contributed by atoms with Crippen LogP contribution in [-0.4, -0.2) is 42.9 Å². The summed E-state index contributed by atoms with van der Waals surface area (Å²) in [7, 11) is 3.09. The van der Waals surface area contributed by atoms with Crippen LogP contribution in [0.5, 0.6) is 17.8 Å². The summed E-state index contributed by atoms with van der Waals surface area (Å²) in [6, 6.07) is 2.29. The summed E-state index contributed by atoms with van der Waals surface area (Å²) in [5.74, 6) is 1.18. The van der Waals surface area contributed by atoms with E-state index in [9.17, 15) is 0 Å². The van der Waals surface area contributed by atoms with Crippen LogP contribution in [0.25, 0.3) is 0 Å². The Bertz CT molecular complexity index is 388. The van der Waals surface area contributed by atoms with Crippen LogP contribution in [0.15, 0.2) is 6.07 Å². The number of ether oxygens (including phenoxy) is 3. The molecule has 1 N–H and O–H groups in total. The molecule has 1 aromatic heterocycles. The molecule has 0 saturated heterocycles. The summed E-state index contributed by atoms with van der Waals surface area (Å²) in [5.41, 5.74) is 0. The molecular weight excluding hydrogens is 258 g/mol. The predicted octanol–water partition coefficient (Wildman–Crippen LogP) is 1.90. The molecule has 1 aromatic rings. The number of hydrogen-bond donors (Lipinski definition) is 1. The second-order valence-electron chi connectivity index (χ2n) is 5.20. The highest BCUT2D eigenvalue weighted by molar-refractivity contribution is 5.22. The van der Waals surface area contributed by atoms with Crippen molar-refractivity contribution in [3.63, 3.8) is 0 Å². The van der Waals surface area contributed by atoms with Crippen molar-refractivity contribution in [3.05, 3.63) is 6.07 Å². The molecule has 6 heteroatoms. The van der Waals surface area contributed by atoms with Gasteiger partial charge < -0.3 is 19.5 Å². The van der Waals surface area contributed by atoms with Gasteiger partial charge in [0.25, 0.3) is 0 Å². The lowest BCUT2D eigenvalue weighted by Crippen LogP contribution is -2.38. The Labute approximate surface area is 120 Å². The Morgan fingerprint density at radius 2 is 1.60 bits per heavy atom. The Kier molecular flexibility index (Phi) is 6.51. The van der Waals surface area contributed by atoms with Gasteiger partial charge in [-0.2, -0.15) is 9.97 Å². The maximum atomic E-state index is 5.87. The Balaban J connectivity index is 2.81. The Morgan fingerprint density at radius 3 is 2.00 bits per heavy atom. The van der Waals surface area contributed by atoms with E-state index in [-0.39, 0.29) is 12.1 Å². The fraction of sp³-hybridized carbons (Fsp3) is 0.714. The van der Waals surface area contributed by atoms with Crippen molar-refractivity contribution in [2.45, 2.75) is 39.8 Å². The normalized spacial score (nSPS) is 12.6. The first kappa shape index (κ1) is 16.5. The summed E-state index contributed by atoms with van der Waals surface area (Å²) in [6.07, 6.45) is -0.0192. The van der Waals surface area contributed by atoms with Crippen LogP contribution in [0.4, 0.5) is 0 Å². The third kappa shape index (κ3) is 5.21. The maximum absolute atomic E-state index is 5.87. The highest BCUT2D eigenvalue weighted by atomic mass is 16.5. The van der Waals surface area contributed by atoms with Gasteiger partial charge in [0.1, 0.15) is 6.10 Å². The van der Waals surface area contributed by atoms with Crippen LogP contribution in [0.2, 0.25) is 0 Å². The van der Waals surface area contributed by atoms with E-state index in [2.05, 4.69) is 43.0 Å². The zero-order chi connectivity index (χ0) is 15.1. The highest BCUT2D eigenvalue weighted by Gasteiger charge is 2.18. The summed E-state index contributed by atoms with van der Waals surface area (Å²) < 4.78 is 16.1.